The molecule has 2 atom stereocenters. The highest BCUT2D eigenvalue weighted by atomic mass is 15.5. The van der Waals surface area contributed by atoms with Crippen molar-refractivity contribution in [2.24, 2.45) is 0 Å². The van der Waals surface area contributed by atoms with Gasteiger partial charge in [-0.1, -0.05) is 133 Å². The van der Waals surface area contributed by atoms with Crippen molar-refractivity contribution in [1.82, 2.24) is 14.5 Å². The van der Waals surface area contributed by atoms with Crippen LogP contribution in [0.3, 0.4) is 0 Å². The van der Waals surface area contributed by atoms with Gasteiger partial charge in [0.1, 0.15) is 17.9 Å². The molecule has 244 valence electrons. The number of benzene rings is 8. The quantitative estimate of drug-likeness (QED) is 0.106. The molecule has 1 fully saturated rings. The third kappa shape index (κ3) is 4.17. The number of hydrogen-bond acceptors (Lipinski definition) is 2. The van der Waals surface area contributed by atoms with Crippen molar-refractivity contribution in [3.05, 3.63) is 181 Å². The van der Waals surface area contributed by atoms with Gasteiger partial charge in [-0.15, -0.1) is 0 Å². The maximum absolute atomic E-state index is 5.28. The molecule has 11 rings (SSSR count). The van der Waals surface area contributed by atoms with E-state index in [1.807, 2.05) is 6.07 Å². The molecule has 0 saturated carbocycles. The minimum absolute atomic E-state index is 0.383. The Kier molecular flexibility index (Phi) is 6.22. The fourth-order valence-electron chi connectivity index (χ4n) is 9.07. The molecule has 0 N–H and O–H groups in total. The van der Waals surface area contributed by atoms with Crippen LogP contribution in [0.15, 0.2) is 170 Å². The van der Waals surface area contributed by atoms with Crippen molar-refractivity contribution >= 4 is 43.7 Å². The topological polar surface area (TPSA) is 25.8 Å². The van der Waals surface area contributed by atoms with Crippen LogP contribution in [-0.4, -0.2) is 16.5 Å². The Hall–Kier alpha value is -6.42. The molecule has 8 aromatic carbocycles. The lowest BCUT2D eigenvalue weighted by molar-refractivity contribution is 0.669. The molecular formula is C49H34N3+. The third-order valence-corrected chi connectivity index (χ3v) is 11.6. The van der Waals surface area contributed by atoms with Crippen molar-refractivity contribution in [1.29, 1.82) is 0 Å². The van der Waals surface area contributed by atoms with Gasteiger partial charge in [0, 0.05) is 51.6 Å². The average Bonchev–Trinajstić information content (AvgIpc) is 3.99. The van der Waals surface area contributed by atoms with E-state index in [9.17, 15) is 0 Å². The molecule has 2 unspecified atom stereocenters. The molecule has 9 aromatic rings. The molecular weight excluding hydrogens is 631 g/mol. The molecule has 3 heteroatoms. The van der Waals surface area contributed by atoms with Crippen LogP contribution < -0.4 is 4.48 Å². The minimum Gasteiger partial charge on any atom is -0.242 e. The summed E-state index contributed by atoms with van der Waals surface area (Å²) in [6.45, 7) is 3.21. The second-order valence-electron chi connectivity index (χ2n) is 14.3. The maximum Gasteiger partial charge on any atom is 0.175 e. The van der Waals surface area contributed by atoms with Crippen molar-refractivity contribution in [2.75, 3.05) is 6.54 Å². The zero-order chi connectivity index (χ0) is 34.4. The summed E-state index contributed by atoms with van der Waals surface area (Å²) in [6.07, 6.45) is 0. The predicted octanol–water partition coefficient (Wildman–Crippen LogP) is 12.6. The Morgan fingerprint density at radius 1 is 0.462 bits per heavy atom. The Balaban J connectivity index is 1.13. The van der Waals surface area contributed by atoms with Gasteiger partial charge in [-0.3, -0.25) is 0 Å². The first kappa shape index (κ1) is 29.3. The van der Waals surface area contributed by atoms with Crippen LogP contribution >= 0.6 is 0 Å². The number of hydrogen-bond donors (Lipinski definition) is 0. The molecule has 2 aliphatic rings. The lowest BCUT2D eigenvalue weighted by Gasteiger charge is -2.29. The van der Waals surface area contributed by atoms with E-state index >= 15 is 0 Å². The first-order valence-electron chi connectivity index (χ1n) is 18.1. The van der Waals surface area contributed by atoms with E-state index in [0.717, 1.165) is 50.5 Å². The Bertz CT molecular complexity index is 2860. The molecule has 1 saturated heterocycles. The van der Waals surface area contributed by atoms with Crippen LogP contribution in [0.2, 0.25) is 0 Å². The highest BCUT2D eigenvalue weighted by Gasteiger charge is 2.63. The van der Waals surface area contributed by atoms with Crippen LogP contribution in [0, 0.1) is 6.92 Å². The number of quaternary nitrogens is 1. The van der Waals surface area contributed by atoms with E-state index < -0.39 is 0 Å². The molecule has 3 nitrogen and oxygen atoms in total. The zero-order valence-electron chi connectivity index (χ0n) is 28.8. The highest BCUT2D eigenvalue weighted by Crippen LogP contribution is 2.64. The smallest absolute Gasteiger partial charge is 0.175 e. The van der Waals surface area contributed by atoms with Gasteiger partial charge in [0.05, 0.1) is 11.4 Å². The maximum atomic E-state index is 5.28. The molecule has 0 bridgehead atoms. The van der Waals surface area contributed by atoms with Crippen LogP contribution in [0.1, 0.15) is 17.2 Å². The van der Waals surface area contributed by atoms with Gasteiger partial charge < -0.3 is 0 Å². The summed E-state index contributed by atoms with van der Waals surface area (Å²) in [7, 11) is 0. The Morgan fingerprint density at radius 3 is 1.71 bits per heavy atom. The second-order valence-corrected chi connectivity index (χ2v) is 14.3. The van der Waals surface area contributed by atoms with Gasteiger partial charge >= 0.3 is 0 Å². The summed E-state index contributed by atoms with van der Waals surface area (Å²) in [4.78, 5) is 10.4. The molecule has 2 aliphatic heterocycles. The van der Waals surface area contributed by atoms with Gasteiger partial charge in [-0.05, 0) is 63.0 Å². The van der Waals surface area contributed by atoms with Crippen molar-refractivity contribution in [3.63, 3.8) is 0 Å². The second kappa shape index (κ2) is 11.0. The van der Waals surface area contributed by atoms with Gasteiger partial charge in [-0.25, -0.2) is 14.5 Å². The van der Waals surface area contributed by atoms with Crippen molar-refractivity contribution < 1.29 is 0 Å². The van der Waals surface area contributed by atoms with Crippen LogP contribution in [0.25, 0.3) is 77.3 Å². The third-order valence-electron chi connectivity index (χ3n) is 11.6. The number of rotatable bonds is 4. The standard InChI is InChI=1S/C49H34N3/c1-31-47(32-14-4-2-5-15-32)50-49(33-16-6-3-7-17-33)51-48(31)34-24-27-45-44(28-34)40-22-12-13-23-42(40)46-30-52(45,46)35-25-26-41-38-20-9-8-18-36(38)37-19-10-11-21-39(37)43(41)29-35/h2-29,46H,30H2,1H3/q+1. The molecule has 3 heterocycles. The van der Waals surface area contributed by atoms with Crippen LogP contribution in [-0.2, 0) is 0 Å². The monoisotopic (exact) mass is 664 g/mol. The molecule has 0 amide bonds. The summed E-state index contributed by atoms with van der Waals surface area (Å²) >= 11 is 0. The lowest BCUT2D eigenvalue weighted by Crippen LogP contribution is -2.24. The molecule has 0 radical (unpaired) electrons. The van der Waals surface area contributed by atoms with Crippen molar-refractivity contribution in [2.45, 2.75) is 13.0 Å². The van der Waals surface area contributed by atoms with Gasteiger partial charge in [0.2, 0.25) is 0 Å². The Labute approximate surface area is 302 Å². The predicted molar refractivity (Wildman–Crippen MR) is 217 cm³/mol. The number of fused-ring (bicyclic) bond motifs is 12. The fraction of sp³-hybridized carbons (Fsp3) is 0.0612. The number of nitrogens with zero attached hydrogens (tertiary/aromatic N) is 3. The van der Waals surface area contributed by atoms with E-state index in [4.69, 9.17) is 9.97 Å². The lowest BCUT2D eigenvalue weighted by atomic mass is 9.89. The number of aromatic nitrogens is 2. The zero-order valence-corrected chi connectivity index (χ0v) is 28.8. The summed E-state index contributed by atoms with van der Waals surface area (Å²) in [5.41, 5.74) is 13.0. The molecule has 1 aromatic heterocycles. The first-order valence-corrected chi connectivity index (χ1v) is 18.1. The van der Waals surface area contributed by atoms with E-state index in [0.29, 0.717) is 6.04 Å². The van der Waals surface area contributed by atoms with Crippen molar-refractivity contribution in [3.8, 4) is 45.0 Å². The van der Waals surface area contributed by atoms with Gasteiger partial charge in [0.15, 0.2) is 11.9 Å². The Morgan fingerprint density at radius 2 is 1.02 bits per heavy atom. The molecule has 52 heavy (non-hydrogen) atoms. The van der Waals surface area contributed by atoms with E-state index in [1.165, 1.54) is 60.4 Å². The summed E-state index contributed by atoms with van der Waals surface area (Å²) in [6, 6.07) is 62.3. The molecule has 0 aliphatic carbocycles. The minimum atomic E-state index is 0.383. The highest BCUT2D eigenvalue weighted by molar-refractivity contribution is 6.25. The largest absolute Gasteiger partial charge is 0.242 e. The summed E-state index contributed by atoms with van der Waals surface area (Å²) in [5, 5.41) is 7.87. The van der Waals surface area contributed by atoms with Gasteiger partial charge in [-0.2, -0.15) is 0 Å². The average molecular weight is 665 g/mol. The van der Waals surface area contributed by atoms with Crippen LogP contribution in [0.5, 0.6) is 0 Å². The summed E-state index contributed by atoms with van der Waals surface area (Å²) < 4.78 is 0.830. The summed E-state index contributed by atoms with van der Waals surface area (Å²) in [5.74, 6) is 0.739. The van der Waals surface area contributed by atoms with E-state index in [-0.39, 0.29) is 0 Å². The van der Waals surface area contributed by atoms with E-state index in [1.54, 1.807) is 0 Å². The first-order chi connectivity index (χ1) is 25.7. The van der Waals surface area contributed by atoms with Crippen LogP contribution in [0.4, 0.5) is 11.4 Å². The molecule has 0 spiro atoms. The van der Waals surface area contributed by atoms with E-state index in [2.05, 4.69) is 171 Å². The normalized spacial score (nSPS) is 17.1. The fourth-order valence-corrected chi connectivity index (χ4v) is 9.07. The van der Waals surface area contributed by atoms with Gasteiger partial charge in [0.25, 0.3) is 0 Å². The SMILES string of the molecule is Cc1c(-c2ccccc2)nc(-c2ccccc2)nc1-c1ccc2c(c1)-c1ccccc1C1C[N+]21c1ccc2c3ccccc3c3ccccc3c2c1.